The van der Waals surface area contributed by atoms with E-state index in [-0.39, 0.29) is 23.8 Å². The van der Waals surface area contributed by atoms with Crippen LogP contribution in [-0.4, -0.2) is 36.5 Å². The van der Waals surface area contributed by atoms with Crippen LogP contribution in [0, 0.1) is 5.92 Å². The largest absolute Gasteiger partial charge is 0.466 e. The van der Waals surface area contributed by atoms with Crippen molar-refractivity contribution in [2.24, 2.45) is 5.92 Å². The van der Waals surface area contributed by atoms with Crippen LogP contribution in [0.3, 0.4) is 0 Å². The quantitative estimate of drug-likeness (QED) is 0.348. The Morgan fingerprint density at radius 3 is 2.40 bits per heavy atom. The second kappa shape index (κ2) is 11.8. The van der Waals surface area contributed by atoms with E-state index in [1.807, 2.05) is 49.4 Å². The molecule has 1 aliphatic heterocycles. The molecule has 1 saturated heterocycles. The fourth-order valence-corrected chi connectivity index (χ4v) is 5.73. The van der Waals surface area contributed by atoms with Crippen molar-refractivity contribution < 1.29 is 14.3 Å². The highest BCUT2D eigenvalue weighted by Gasteiger charge is 2.33. The third-order valence-corrected chi connectivity index (χ3v) is 7.88. The Morgan fingerprint density at radius 1 is 1.09 bits per heavy atom. The highest BCUT2D eigenvalue weighted by Crippen LogP contribution is 2.41. The Bertz CT molecular complexity index is 1140. The number of nitrogens with one attached hydrogen (secondary N) is 1. The number of rotatable bonds is 8. The number of piperidine rings is 1. The average Bonchev–Trinajstić information content (AvgIpc) is 3.28. The fraction of sp³-hybridized carbons (Fsp3) is 0.357. The Labute approximate surface area is 216 Å². The van der Waals surface area contributed by atoms with Gasteiger partial charge in [-0.05, 0) is 75.2 Å². The summed E-state index contributed by atoms with van der Waals surface area (Å²) in [6, 6.07) is 19.3. The molecule has 0 aliphatic carbocycles. The second-order valence-electron chi connectivity index (χ2n) is 8.69. The molecule has 1 aliphatic rings. The lowest BCUT2D eigenvalue weighted by molar-refractivity contribution is -0.149. The number of amides is 1. The Balaban J connectivity index is 1.66. The van der Waals surface area contributed by atoms with Gasteiger partial charge in [0, 0.05) is 21.0 Å². The summed E-state index contributed by atoms with van der Waals surface area (Å²) in [5, 5.41) is 4.73. The first-order valence-electron chi connectivity index (χ1n) is 12.1. The van der Waals surface area contributed by atoms with Crippen molar-refractivity contribution in [1.29, 1.82) is 0 Å². The number of carbonyl (C=O) groups is 2. The lowest BCUT2D eigenvalue weighted by atomic mass is 9.91. The van der Waals surface area contributed by atoms with Crippen molar-refractivity contribution in [3.05, 3.63) is 87.3 Å². The molecule has 0 saturated carbocycles. The van der Waals surface area contributed by atoms with Crippen molar-refractivity contribution in [1.82, 2.24) is 4.90 Å². The molecule has 0 bridgehead atoms. The Hall–Kier alpha value is -2.67. The van der Waals surface area contributed by atoms with E-state index in [2.05, 4.69) is 35.3 Å². The van der Waals surface area contributed by atoms with Gasteiger partial charge < -0.3 is 10.1 Å². The molecule has 4 rings (SSSR count). The number of likely N-dealkylation sites (tertiary alicyclic amines) is 1. The zero-order valence-electron chi connectivity index (χ0n) is 20.1. The summed E-state index contributed by atoms with van der Waals surface area (Å²) in [7, 11) is 0. The maximum atomic E-state index is 13.0. The van der Waals surface area contributed by atoms with Crippen LogP contribution in [0.2, 0.25) is 5.02 Å². The van der Waals surface area contributed by atoms with Crippen LogP contribution < -0.4 is 5.32 Å². The van der Waals surface area contributed by atoms with E-state index < -0.39 is 0 Å². The molecule has 1 aromatic heterocycles. The van der Waals surface area contributed by atoms with Crippen LogP contribution in [0.5, 0.6) is 0 Å². The molecule has 7 heteroatoms. The summed E-state index contributed by atoms with van der Waals surface area (Å²) in [5.74, 6) is -0.287. The Kier molecular flexibility index (Phi) is 8.60. The second-order valence-corrected chi connectivity index (χ2v) is 10.3. The number of carbonyl (C=O) groups excluding carboxylic acids is 2. The summed E-state index contributed by atoms with van der Waals surface area (Å²) in [5.41, 5.74) is 2.82. The lowest BCUT2D eigenvalue weighted by Gasteiger charge is -2.37. The predicted molar refractivity (Wildman–Crippen MR) is 142 cm³/mol. The van der Waals surface area contributed by atoms with Gasteiger partial charge >= 0.3 is 5.97 Å². The number of hydrogen-bond acceptors (Lipinski definition) is 5. The maximum absolute atomic E-state index is 13.0. The fourth-order valence-electron chi connectivity index (χ4n) is 4.58. The number of anilines is 1. The molecule has 1 atom stereocenters. The van der Waals surface area contributed by atoms with Crippen molar-refractivity contribution in [2.45, 2.75) is 39.2 Å². The summed E-state index contributed by atoms with van der Waals surface area (Å²) in [6.07, 6.45) is 2.38. The molecule has 1 unspecified atom stereocenters. The SMILES string of the molecule is CCOC(=O)C1CCN(C(c2ccc(Cl)cc2)c2cc(CC)sc2NC(=O)c2ccccc2)CC1. The molecule has 35 heavy (non-hydrogen) atoms. The van der Waals surface area contributed by atoms with E-state index in [0.717, 1.165) is 48.5 Å². The zero-order chi connectivity index (χ0) is 24.8. The maximum Gasteiger partial charge on any atom is 0.309 e. The number of esters is 1. The molecule has 2 heterocycles. The monoisotopic (exact) mass is 510 g/mol. The standard InChI is InChI=1S/C28H31ClN2O3S/c1-3-23-18-24(27(35-23)30-26(32)20-8-6-5-7-9-20)25(19-10-12-22(29)13-11-19)31-16-14-21(15-17-31)28(33)34-4-2/h5-13,18,21,25H,3-4,14-17H2,1-2H3,(H,30,32). The van der Waals surface area contributed by atoms with Crippen molar-refractivity contribution in [3.8, 4) is 0 Å². The lowest BCUT2D eigenvalue weighted by Crippen LogP contribution is -2.39. The molecule has 184 valence electrons. The van der Waals surface area contributed by atoms with E-state index >= 15 is 0 Å². The summed E-state index contributed by atoms with van der Waals surface area (Å²) in [6.45, 7) is 5.91. The Morgan fingerprint density at radius 2 is 1.77 bits per heavy atom. The van der Waals surface area contributed by atoms with Crippen molar-refractivity contribution >= 4 is 39.8 Å². The normalized spacial score (nSPS) is 15.5. The highest BCUT2D eigenvalue weighted by atomic mass is 35.5. The third kappa shape index (κ3) is 6.13. The van der Waals surface area contributed by atoms with E-state index in [9.17, 15) is 9.59 Å². The first-order valence-corrected chi connectivity index (χ1v) is 13.3. The van der Waals surface area contributed by atoms with Crippen LogP contribution in [0.15, 0.2) is 60.7 Å². The molecule has 1 fully saturated rings. The number of halogens is 1. The smallest absolute Gasteiger partial charge is 0.309 e. The molecule has 0 spiro atoms. The van der Waals surface area contributed by atoms with E-state index in [0.29, 0.717) is 17.2 Å². The van der Waals surface area contributed by atoms with Gasteiger partial charge in [-0.25, -0.2) is 0 Å². The average molecular weight is 511 g/mol. The molecule has 3 aromatic rings. The van der Waals surface area contributed by atoms with Gasteiger partial charge in [-0.3, -0.25) is 14.5 Å². The number of hydrogen-bond donors (Lipinski definition) is 1. The predicted octanol–water partition coefficient (Wildman–Crippen LogP) is 6.58. The number of thiophene rings is 1. The minimum absolute atomic E-state index is 0.0574. The van der Waals surface area contributed by atoms with Crippen LogP contribution in [0.1, 0.15) is 59.1 Å². The van der Waals surface area contributed by atoms with E-state index in [1.54, 1.807) is 11.3 Å². The topological polar surface area (TPSA) is 58.6 Å². The van der Waals surface area contributed by atoms with Crippen molar-refractivity contribution in [2.75, 3.05) is 25.0 Å². The molecule has 1 amide bonds. The number of benzene rings is 2. The molecule has 1 N–H and O–H groups in total. The summed E-state index contributed by atoms with van der Waals surface area (Å²) >= 11 is 7.83. The number of ether oxygens (including phenoxy) is 1. The van der Waals surface area contributed by atoms with Gasteiger partial charge in [0.15, 0.2) is 0 Å². The van der Waals surface area contributed by atoms with Crippen LogP contribution in [0.25, 0.3) is 0 Å². The van der Waals surface area contributed by atoms with Gasteiger partial charge in [-0.1, -0.05) is 48.9 Å². The number of aryl methyl sites for hydroxylation is 1. The van der Waals surface area contributed by atoms with Gasteiger partial charge in [-0.15, -0.1) is 11.3 Å². The zero-order valence-corrected chi connectivity index (χ0v) is 21.7. The third-order valence-electron chi connectivity index (χ3n) is 6.42. The van der Waals surface area contributed by atoms with Gasteiger partial charge in [0.05, 0.1) is 18.6 Å². The summed E-state index contributed by atoms with van der Waals surface area (Å²) < 4.78 is 5.26. The van der Waals surface area contributed by atoms with Crippen LogP contribution >= 0.6 is 22.9 Å². The van der Waals surface area contributed by atoms with E-state index in [1.165, 1.54) is 4.88 Å². The minimum Gasteiger partial charge on any atom is -0.466 e. The molecular formula is C28H31ClN2O3S. The molecule has 2 aromatic carbocycles. The van der Waals surface area contributed by atoms with Gasteiger partial charge in [-0.2, -0.15) is 0 Å². The molecular weight excluding hydrogens is 480 g/mol. The van der Waals surface area contributed by atoms with Gasteiger partial charge in [0.25, 0.3) is 5.91 Å². The first kappa shape index (κ1) is 25.4. The summed E-state index contributed by atoms with van der Waals surface area (Å²) in [4.78, 5) is 29.0. The van der Waals surface area contributed by atoms with Crippen molar-refractivity contribution in [3.63, 3.8) is 0 Å². The van der Waals surface area contributed by atoms with Crippen LogP contribution in [-0.2, 0) is 16.0 Å². The highest BCUT2D eigenvalue weighted by molar-refractivity contribution is 7.16. The van der Waals surface area contributed by atoms with Crippen LogP contribution in [0.4, 0.5) is 5.00 Å². The van der Waals surface area contributed by atoms with Gasteiger partial charge in [0.1, 0.15) is 5.00 Å². The molecule has 0 radical (unpaired) electrons. The minimum atomic E-state index is -0.118. The van der Waals surface area contributed by atoms with Gasteiger partial charge in [0.2, 0.25) is 0 Å². The first-order chi connectivity index (χ1) is 17.0. The molecule has 5 nitrogen and oxygen atoms in total. The van der Waals surface area contributed by atoms with E-state index in [4.69, 9.17) is 16.3 Å². The number of nitrogens with zero attached hydrogens (tertiary/aromatic N) is 1.